The van der Waals surface area contributed by atoms with Crippen molar-refractivity contribution in [3.05, 3.63) is 35.9 Å². The van der Waals surface area contributed by atoms with Gasteiger partial charge in [0.05, 0.1) is 5.60 Å². The molecule has 94 valence electrons. The Balaban J connectivity index is 2.29. The Morgan fingerprint density at radius 1 is 1.29 bits per heavy atom. The van der Waals surface area contributed by atoms with Gasteiger partial charge in [-0.1, -0.05) is 63.4 Å². The summed E-state index contributed by atoms with van der Waals surface area (Å²) in [6.45, 7) is 4.38. The average Bonchev–Trinajstić information content (AvgIpc) is 2.39. The van der Waals surface area contributed by atoms with Crippen LogP contribution in [0.15, 0.2) is 30.3 Å². The fraction of sp³-hybridized carbons (Fsp3) is 0.625. The highest BCUT2D eigenvalue weighted by Gasteiger charge is 2.42. The van der Waals surface area contributed by atoms with Crippen LogP contribution in [0.5, 0.6) is 0 Å². The topological polar surface area (TPSA) is 20.2 Å². The molecule has 1 heteroatoms. The number of hydrogen-bond acceptors (Lipinski definition) is 1. The van der Waals surface area contributed by atoms with Gasteiger partial charge in [0.2, 0.25) is 0 Å². The predicted molar refractivity (Wildman–Crippen MR) is 72.1 cm³/mol. The molecule has 0 heterocycles. The molecule has 17 heavy (non-hydrogen) atoms. The van der Waals surface area contributed by atoms with Crippen molar-refractivity contribution in [2.45, 2.75) is 57.5 Å². The van der Waals surface area contributed by atoms with Crippen LogP contribution >= 0.6 is 0 Å². The summed E-state index contributed by atoms with van der Waals surface area (Å²) in [5.74, 6) is 0.709. The molecule has 3 atom stereocenters. The van der Waals surface area contributed by atoms with E-state index in [1.54, 1.807) is 0 Å². The van der Waals surface area contributed by atoms with Gasteiger partial charge in [-0.2, -0.15) is 0 Å². The Bertz CT molecular complexity index is 346. The van der Waals surface area contributed by atoms with E-state index in [9.17, 15) is 5.11 Å². The maximum absolute atomic E-state index is 11.1. The summed E-state index contributed by atoms with van der Waals surface area (Å²) < 4.78 is 0. The molecule has 0 aliphatic heterocycles. The van der Waals surface area contributed by atoms with Gasteiger partial charge in [0.1, 0.15) is 0 Å². The second-order valence-corrected chi connectivity index (χ2v) is 5.51. The molecule has 0 spiro atoms. The Morgan fingerprint density at radius 3 is 2.65 bits per heavy atom. The molecule has 2 rings (SSSR count). The molecule has 1 fully saturated rings. The van der Waals surface area contributed by atoms with Crippen molar-refractivity contribution in [2.75, 3.05) is 0 Å². The number of aliphatic hydroxyl groups is 1. The average molecular weight is 232 g/mol. The van der Waals surface area contributed by atoms with Gasteiger partial charge in [0, 0.05) is 5.92 Å². The lowest BCUT2D eigenvalue weighted by Gasteiger charge is -2.44. The molecule has 1 aromatic carbocycles. The lowest BCUT2D eigenvalue weighted by molar-refractivity contribution is -0.0630. The van der Waals surface area contributed by atoms with Gasteiger partial charge < -0.3 is 5.11 Å². The van der Waals surface area contributed by atoms with Gasteiger partial charge in [0.25, 0.3) is 0 Å². The fourth-order valence-electron chi connectivity index (χ4n) is 3.26. The monoisotopic (exact) mass is 232 g/mol. The molecular weight excluding hydrogens is 208 g/mol. The largest absolute Gasteiger partial charge is 0.389 e. The molecular formula is C16H24O. The van der Waals surface area contributed by atoms with E-state index in [0.717, 1.165) is 19.3 Å². The van der Waals surface area contributed by atoms with Crippen molar-refractivity contribution in [1.29, 1.82) is 0 Å². The summed E-state index contributed by atoms with van der Waals surface area (Å²) >= 11 is 0. The maximum atomic E-state index is 11.1. The van der Waals surface area contributed by atoms with Crippen molar-refractivity contribution in [2.24, 2.45) is 5.92 Å². The van der Waals surface area contributed by atoms with Crippen molar-refractivity contribution in [3.63, 3.8) is 0 Å². The number of hydrogen-bond donors (Lipinski definition) is 1. The smallest absolute Gasteiger partial charge is 0.0741 e. The van der Waals surface area contributed by atoms with Gasteiger partial charge in [-0.15, -0.1) is 0 Å². The van der Waals surface area contributed by atoms with E-state index >= 15 is 0 Å². The lowest BCUT2D eigenvalue weighted by atomic mass is 9.66. The second-order valence-electron chi connectivity index (χ2n) is 5.51. The van der Waals surface area contributed by atoms with E-state index in [4.69, 9.17) is 0 Å². The quantitative estimate of drug-likeness (QED) is 0.831. The summed E-state index contributed by atoms with van der Waals surface area (Å²) in [5.41, 5.74) is 0.823. The Morgan fingerprint density at radius 2 is 2.00 bits per heavy atom. The molecule has 3 unspecified atom stereocenters. The maximum Gasteiger partial charge on any atom is 0.0741 e. The SMILES string of the molecule is CCC(C)C1(O)CCCCC1c1ccccc1. The molecule has 1 aliphatic rings. The van der Waals surface area contributed by atoms with Crippen LogP contribution in [0.25, 0.3) is 0 Å². The highest BCUT2D eigenvalue weighted by molar-refractivity contribution is 5.24. The van der Waals surface area contributed by atoms with Crippen LogP contribution in [-0.2, 0) is 0 Å². The zero-order valence-electron chi connectivity index (χ0n) is 11.0. The van der Waals surface area contributed by atoms with Gasteiger partial charge in [-0.3, -0.25) is 0 Å². The second kappa shape index (κ2) is 5.22. The van der Waals surface area contributed by atoms with E-state index in [-0.39, 0.29) is 0 Å². The fourth-order valence-corrected chi connectivity index (χ4v) is 3.26. The third-order valence-electron chi connectivity index (χ3n) is 4.59. The highest BCUT2D eigenvalue weighted by Crippen LogP contribution is 2.45. The zero-order valence-corrected chi connectivity index (χ0v) is 11.0. The summed E-state index contributed by atoms with van der Waals surface area (Å²) in [7, 11) is 0. The van der Waals surface area contributed by atoms with Gasteiger partial charge in [-0.25, -0.2) is 0 Å². The van der Waals surface area contributed by atoms with Crippen molar-refractivity contribution < 1.29 is 5.11 Å². The molecule has 0 bridgehead atoms. The minimum atomic E-state index is -0.492. The Kier molecular flexibility index (Phi) is 3.88. The summed E-state index contributed by atoms with van der Waals surface area (Å²) in [6, 6.07) is 10.6. The molecule has 0 saturated heterocycles. The molecule has 0 radical (unpaired) electrons. The summed E-state index contributed by atoms with van der Waals surface area (Å²) in [6.07, 6.45) is 5.56. The van der Waals surface area contributed by atoms with Crippen LogP contribution in [0, 0.1) is 5.92 Å². The molecule has 1 aromatic rings. The normalized spacial score (nSPS) is 31.1. The first-order valence-corrected chi connectivity index (χ1v) is 6.95. The van der Waals surface area contributed by atoms with E-state index in [1.165, 1.54) is 18.4 Å². The molecule has 1 N–H and O–H groups in total. The van der Waals surface area contributed by atoms with Crippen LogP contribution in [0.3, 0.4) is 0 Å². The van der Waals surface area contributed by atoms with Crippen LogP contribution in [-0.4, -0.2) is 10.7 Å². The molecule has 1 saturated carbocycles. The first-order valence-electron chi connectivity index (χ1n) is 6.95. The van der Waals surface area contributed by atoms with Crippen molar-refractivity contribution in [3.8, 4) is 0 Å². The molecule has 0 amide bonds. The van der Waals surface area contributed by atoms with Crippen molar-refractivity contribution >= 4 is 0 Å². The van der Waals surface area contributed by atoms with Crippen LogP contribution in [0.1, 0.15) is 57.4 Å². The first-order chi connectivity index (χ1) is 8.18. The van der Waals surface area contributed by atoms with Gasteiger partial charge >= 0.3 is 0 Å². The molecule has 0 aromatic heterocycles. The van der Waals surface area contributed by atoms with Crippen LogP contribution in [0.2, 0.25) is 0 Å². The summed E-state index contributed by atoms with van der Waals surface area (Å²) in [5, 5.41) is 11.1. The van der Waals surface area contributed by atoms with E-state index in [0.29, 0.717) is 11.8 Å². The predicted octanol–water partition coefficient (Wildman–Crippen LogP) is 4.12. The highest BCUT2D eigenvalue weighted by atomic mass is 16.3. The van der Waals surface area contributed by atoms with Crippen LogP contribution in [0.4, 0.5) is 0 Å². The third kappa shape index (κ3) is 2.40. The minimum Gasteiger partial charge on any atom is -0.389 e. The minimum absolute atomic E-state index is 0.326. The van der Waals surface area contributed by atoms with Crippen LogP contribution < -0.4 is 0 Å². The van der Waals surface area contributed by atoms with E-state index in [2.05, 4.69) is 44.2 Å². The third-order valence-corrected chi connectivity index (χ3v) is 4.59. The molecule has 1 nitrogen and oxygen atoms in total. The Labute approximate surface area is 105 Å². The lowest BCUT2D eigenvalue weighted by Crippen LogP contribution is -2.44. The standard InChI is InChI=1S/C16H24O/c1-3-13(2)16(17)12-8-7-11-15(16)14-9-5-4-6-10-14/h4-6,9-10,13,15,17H,3,7-8,11-12H2,1-2H3. The van der Waals surface area contributed by atoms with Gasteiger partial charge in [-0.05, 0) is 24.3 Å². The number of benzene rings is 1. The summed E-state index contributed by atoms with van der Waals surface area (Å²) in [4.78, 5) is 0. The first kappa shape index (κ1) is 12.6. The molecule has 1 aliphatic carbocycles. The van der Waals surface area contributed by atoms with Crippen molar-refractivity contribution in [1.82, 2.24) is 0 Å². The van der Waals surface area contributed by atoms with Gasteiger partial charge in [0.15, 0.2) is 0 Å². The zero-order chi connectivity index (χ0) is 12.3. The number of rotatable bonds is 3. The Hall–Kier alpha value is -0.820. The van der Waals surface area contributed by atoms with E-state index < -0.39 is 5.60 Å². The van der Waals surface area contributed by atoms with E-state index in [1.807, 2.05) is 0 Å².